The number of hydrogen-bond donors (Lipinski definition) is 1. The third kappa shape index (κ3) is 2.30. The number of amides is 2. The Bertz CT molecular complexity index is 494. The van der Waals surface area contributed by atoms with Gasteiger partial charge >= 0.3 is 0 Å². The Balaban J connectivity index is 2.20. The Morgan fingerprint density at radius 3 is 2.30 bits per heavy atom. The average Bonchev–Trinajstić information content (AvgIpc) is 2.47. The van der Waals surface area contributed by atoms with E-state index in [2.05, 4.69) is 5.32 Å². The smallest absolute Gasteiger partial charge is 0.246 e. The molecule has 0 radical (unpaired) electrons. The van der Waals surface area contributed by atoms with Gasteiger partial charge in [-0.2, -0.15) is 0 Å². The zero-order valence-corrected chi connectivity index (χ0v) is 12.3. The molecule has 1 aliphatic heterocycles. The number of likely N-dealkylation sites (N-methyl/N-ethyl adjacent to an activating group) is 1. The number of piperazine rings is 1. The minimum absolute atomic E-state index is 0.00264. The molecule has 4 nitrogen and oxygen atoms in total. The molecule has 2 rings (SSSR count). The number of carbonyl (C=O) groups is 2. The lowest BCUT2D eigenvalue weighted by Gasteiger charge is -2.45. The number of rotatable bonds is 4. The first-order valence-corrected chi connectivity index (χ1v) is 7.17. The molecule has 20 heavy (non-hydrogen) atoms. The summed E-state index contributed by atoms with van der Waals surface area (Å²) in [6.45, 7) is 3.90. The minimum Gasteiger partial charge on any atom is -0.342 e. The quantitative estimate of drug-likeness (QED) is 0.909. The van der Waals surface area contributed by atoms with Crippen LogP contribution in [0, 0.1) is 0 Å². The van der Waals surface area contributed by atoms with Crippen molar-refractivity contribution < 1.29 is 9.59 Å². The molecule has 0 bridgehead atoms. The van der Waals surface area contributed by atoms with Gasteiger partial charge in [-0.25, -0.2) is 0 Å². The second kappa shape index (κ2) is 5.65. The number of hydrogen-bond acceptors (Lipinski definition) is 2. The second-order valence-electron chi connectivity index (χ2n) is 5.35. The highest BCUT2D eigenvalue weighted by molar-refractivity contribution is 5.99. The van der Waals surface area contributed by atoms with E-state index in [0.717, 1.165) is 5.56 Å². The van der Waals surface area contributed by atoms with Gasteiger partial charge in [0, 0.05) is 13.5 Å². The molecule has 1 saturated heterocycles. The molecule has 0 saturated carbocycles. The Kier molecular flexibility index (Phi) is 4.12. The second-order valence-corrected chi connectivity index (χ2v) is 5.35. The Morgan fingerprint density at radius 1 is 1.15 bits per heavy atom. The van der Waals surface area contributed by atoms with Crippen LogP contribution >= 0.6 is 0 Å². The summed E-state index contributed by atoms with van der Waals surface area (Å²) in [5, 5.41) is 2.91. The summed E-state index contributed by atoms with van der Waals surface area (Å²) < 4.78 is 0. The zero-order chi connectivity index (χ0) is 14.8. The molecular weight excluding hydrogens is 252 g/mol. The molecule has 4 heteroatoms. The van der Waals surface area contributed by atoms with Crippen LogP contribution < -0.4 is 5.32 Å². The molecule has 1 fully saturated rings. The molecule has 0 aliphatic carbocycles. The molecule has 2 amide bonds. The van der Waals surface area contributed by atoms with Crippen LogP contribution in [0.1, 0.15) is 32.3 Å². The van der Waals surface area contributed by atoms with Crippen LogP contribution in [0.15, 0.2) is 30.3 Å². The minimum atomic E-state index is -0.690. The van der Waals surface area contributed by atoms with Crippen molar-refractivity contribution in [2.24, 2.45) is 0 Å². The Morgan fingerprint density at radius 2 is 1.75 bits per heavy atom. The van der Waals surface area contributed by atoms with Gasteiger partial charge in [0.1, 0.15) is 11.6 Å². The third-order valence-corrected chi connectivity index (χ3v) is 4.45. The summed E-state index contributed by atoms with van der Waals surface area (Å²) in [6, 6.07) is 9.31. The first-order chi connectivity index (χ1) is 9.55. The molecule has 0 aromatic heterocycles. The maximum atomic E-state index is 12.5. The van der Waals surface area contributed by atoms with Crippen molar-refractivity contribution in [2.75, 3.05) is 7.05 Å². The van der Waals surface area contributed by atoms with Gasteiger partial charge in [-0.15, -0.1) is 0 Å². The number of nitrogens with zero attached hydrogens (tertiary/aromatic N) is 1. The van der Waals surface area contributed by atoms with E-state index in [4.69, 9.17) is 0 Å². The van der Waals surface area contributed by atoms with Crippen LogP contribution in [0.2, 0.25) is 0 Å². The molecule has 0 spiro atoms. The van der Waals surface area contributed by atoms with Crippen LogP contribution in [0.3, 0.4) is 0 Å². The van der Waals surface area contributed by atoms with Crippen LogP contribution in [-0.4, -0.2) is 35.3 Å². The van der Waals surface area contributed by atoms with Crippen molar-refractivity contribution in [1.82, 2.24) is 10.2 Å². The van der Waals surface area contributed by atoms with Gasteiger partial charge in [0.05, 0.1) is 0 Å². The number of benzene rings is 1. The van der Waals surface area contributed by atoms with E-state index < -0.39 is 11.6 Å². The van der Waals surface area contributed by atoms with Crippen molar-refractivity contribution in [3.63, 3.8) is 0 Å². The summed E-state index contributed by atoms with van der Waals surface area (Å²) in [7, 11) is 1.74. The van der Waals surface area contributed by atoms with Crippen LogP contribution in [-0.2, 0) is 16.0 Å². The summed E-state index contributed by atoms with van der Waals surface area (Å²) in [4.78, 5) is 26.6. The topological polar surface area (TPSA) is 49.4 Å². The normalized spacial score (nSPS) is 21.8. The molecule has 1 N–H and O–H groups in total. The SMILES string of the molecule is CCC1(CC)C(=O)NC(Cc2ccccc2)C(=O)N1C. The predicted octanol–water partition coefficient (Wildman–Crippen LogP) is 1.74. The lowest BCUT2D eigenvalue weighted by atomic mass is 9.85. The van der Waals surface area contributed by atoms with Crippen molar-refractivity contribution in [1.29, 1.82) is 0 Å². The molecule has 1 atom stereocenters. The van der Waals surface area contributed by atoms with Gasteiger partial charge in [-0.3, -0.25) is 9.59 Å². The van der Waals surface area contributed by atoms with Gasteiger partial charge in [0.15, 0.2) is 0 Å². The molecule has 1 unspecified atom stereocenters. The molecule has 1 aromatic carbocycles. The lowest BCUT2D eigenvalue weighted by molar-refractivity contribution is -0.156. The predicted molar refractivity (Wildman–Crippen MR) is 78.2 cm³/mol. The maximum Gasteiger partial charge on any atom is 0.246 e. The van der Waals surface area contributed by atoms with Gasteiger partial charge in [0.25, 0.3) is 0 Å². The lowest BCUT2D eigenvalue weighted by Crippen LogP contribution is -2.69. The van der Waals surface area contributed by atoms with Gasteiger partial charge in [-0.05, 0) is 18.4 Å². The summed E-state index contributed by atoms with van der Waals surface area (Å²) >= 11 is 0. The van der Waals surface area contributed by atoms with Gasteiger partial charge in [0.2, 0.25) is 11.8 Å². The zero-order valence-electron chi connectivity index (χ0n) is 12.3. The molecular formula is C16H22N2O2. The third-order valence-electron chi connectivity index (χ3n) is 4.45. The van der Waals surface area contributed by atoms with Crippen molar-refractivity contribution in [3.05, 3.63) is 35.9 Å². The molecule has 108 valence electrons. The number of carbonyl (C=O) groups excluding carboxylic acids is 2. The van der Waals surface area contributed by atoms with E-state index in [0.29, 0.717) is 19.3 Å². The Hall–Kier alpha value is -1.84. The van der Waals surface area contributed by atoms with Gasteiger partial charge in [-0.1, -0.05) is 44.2 Å². The van der Waals surface area contributed by atoms with E-state index in [1.807, 2.05) is 44.2 Å². The number of nitrogens with one attached hydrogen (secondary N) is 1. The first-order valence-electron chi connectivity index (χ1n) is 7.17. The van der Waals surface area contributed by atoms with Gasteiger partial charge < -0.3 is 10.2 Å². The van der Waals surface area contributed by atoms with E-state index in [9.17, 15) is 9.59 Å². The van der Waals surface area contributed by atoms with Crippen LogP contribution in [0.25, 0.3) is 0 Å². The molecule has 1 aliphatic rings. The average molecular weight is 274 g/mol. The molecule has 1 aromatic rings. The fraction of sp³-hybridized carbons (Fsp3) is 0.500. The van der Waals surface area contributed by atoms with E-state index in [1.54, 1.807) is 11.9 Å². The highest BCUT2D eigenvalue weighted by atomic mass is 16.2. The van der Waals surface area contributed by atoms with Crippen molar-refractivity contribution in [3.8, 4) is 0 Å². The monoisotopic (exact) mass is 274 g/mol. The summed E-state index contributed by atoms with van der Waals surface area (Å²) in [6.07, 6.45) is 1.81. The van der Waals surface area contributed by atoms with Crippen molar-refractivity contribution >= 4 is 11.8 Å². The van der Waals surface area contributed by atoms with Crippen molar-refractivity contribution in [2.45, 2.75) is 44.7 Å². The van der Waals surface area contributed by atoms with Crippen LogP contribution in [0.4, 0.5) is 0 Å². The van der Waals surface area contributed by atoms with E-state index in [-0.39, 0.29) is 11.8 Å². The first kappa shape index (κ1) is 14.6. The fourth-order valence-corrected chi connectivity index (χ4v) is 2.98. The Labute approximate surface area is 120 Å². The summed E-state index contributed by atoms with van der Waals surface area (Å²) in [5.41, 5.74) is 0.365. The van der Waals surface area contributed by atoms with Crippen LogP contribution in [0.5, 0.6) is 0 Å². The standard InChI is InChI=1S/C16H22N2O2/c1-4-16(5-2)15(20)17-13(14(19)18(16)3)11-12-9-7-6-8-10-12/h6-10,13H,4-5,11H2,1-3H3,(H,17,20). The van der Waals surface area contributed by atoms with E-state index >= 15 is 0 Å². The fourth-order valence-electron chi connectivity index (χ4n) is 2.98. The largest absolute Gasteiger partial charge is 0.342 e. The van der Waals surface area contributed by atoms with E-state index in [1.165, 1.54) is 0 Å². The summed E-state index contributed by atoms with van der Waals surface area (Å²) in [5.74, 6) is -0.0392. The molecule has 1 heterocycles. The maximum absolute atomic E-state index is 12.5. The highest BCUT2D eigenvalue weighted by Gasteiger charge is 2.48. The highest BCUT2D eigenvalue weighted by Crippen LogP contribution is 2.28.